The molecular formula is C13H15Cl2N3. The number of nitrogens with zero attached hydrogens (tertiary/aromatic N) is 1. The van der Waals surface area contributed by atoms with Crippen molar-refractivity contribution in [3.05, 3.63) is 41.0 Å². The van der Waals surface area contributed by atoms with Crippen molar-refractivity contribution < 1.29 is 0 Å². The molecule has 1 fully saturated rings. The molecule has 96 valence electrons. The molecule has 0 aliphatic carbocycles. The normalized spacial score (nSPS) is 19.5. The van der Waals surface area contributed by atoms with Gasteiger partial charge in [-0.25, -0.2) is 4.98 Å². The molecule has 2 aromatic rings. The number of aromatic nitrogens is 1. The van der Waals surface area contributed by atoms with Crippen molar-refractivity contribution in [3.8, 4) is 0 Å². The third-order valence-corrected chi connectivity index (χ3v) is 3.42. The van der Waals surface area contributed by atoms with E-state index in [2.05, 4.69) is 27.8 Å². The molecule has 3 nitrogen and oxygen atoms in total. The first kappa shape index (κ1) is 13.6. The fourth-order valence-corrected chi connectivity index (χ4v) is 2.50. The minimum atomic E-state index is 0. The summed E-state index contributed by atoms with van der Waals surface area (Å²) in [5.41, 5.74) is 2.03. The van der Waals surface area contributed by atoms with Crippen LogP contribution in [0.4, 0.5) is 0 Å². The van der Waals surface area contributed by atoms with Gasteiger partial charge in [-0.1, -0.05) is 29.8 Å². The van der Waals surface area contributed by atoms with E-state index in [1.807, 2.05) is 18.2 Å². The molecule has 0 saturated carbocycles. The van der Waals surface area contributed by atoms with Crippen molar-refractivity contribution >= 4 is 34.9 Å². The quantitative estimate of drug-likeness (QED) is 0.790. The second kappa shape index (κ2) is 5.85. The number of benzene rings is 1. The molecule has 18 heavy (non-hydrogen) atoms. The maximum atomic E-state index is 6.26. The van der Waals surface area contributed by atoms with Gasteiger partial charge in [0.05, 0.1) is 5.52 Å². The van der Waals surface area contributed by atoms with Gasteiger partial charge in [-0.3, -0.25) is 0 Å². The molecule has 1 aromatic carbocycles. The lowest BCUT2D eigenvalue weighted by Crippen LogP contribution is -2.42. The van der Waals surface area contributed by atoms with Gasteiger partial charge in [0, 0.05) is 36.6 Å². The van der Waals surface area contributed by atoms with E-state index in [9.17, 15) is 0 Å². The number of hydrogen-bond donors (Lipinski definition) is 2. The van der Waals surface area contributed by atoms with Gasteiger partial charge in [-0.2, -0.15) is 0 Å². The van der Waals surface area contributed by atoms with Crippen LogP contribution >= 0.6 is 24.0 Å². The van der Waals surface area contributed by atoms with Gasteiger partial charge in [0.1, 0.15) is 5.15 Å². The minimum absolute atomic E-state index is 0. The molecule has 1 aliphatic rings. The summed E-state index contributed by atoms with van der Waals surface area (Å²) in [5.74, 6) is 0. The van der Waals surface area contributed by atoms with Gasteiger partial charge < -0.3 is 10.6 Å². The number of para-hydroxylation sites is 1. The third kappa shape index (κ3) is 2.59. The zero-order valence-electron chi connectivity index (χ0n) is 9.82. The summed E-state index contributed by atoms with van der Waals surface area (Å²) >= 11 is 6.26. The molecule has 1 atom stereocenters. The van der Waals surface area contributed by atoms with E-state index in [0.29, 0.717) is 5.15 Å². The van der Waals surface area contributed by atoms with E-state index in [0.717, 1.165) is 36.1 Å². The molecule has 1 saturated heterocycles. The Morgan fingerprint density at radius 2 is 2.06 bits per heavy atom. The van der Waals surface area contributed by atoms with Crippen LogP contribution < -0.4 is 10.6 Å². The van der Waals surface area contributed by atoms with Crippen LogP contribution in [0.15, 0.2) is 30.3 Å². The van der Waals surface area contributed by atoms with Gasteiger partial charge >= 0.3 is 0 Å². The minimum Gasteiger partial charge on any atom is -0.314 e. The van der Waals surface area contributed by atoms with E-state index in [1.54, 1.807) is 0 Å². The number of pyridine rings is 1. The molecule has 0 amide bonds. The molecule has 5 heteroatoms. The summed E-state index contributed by atoms with van der Waals surface area (Å²) in [6.07, 6.45) is 0. The van der Waals surface area contributed by atoms with Crippen LogP contribution in [0.25, 0.3) is 10.9 Å². The average Bonchev–Trinajstić information content (AvgIpc) is 2.39. The summed E-state index contributed by atoms with van der Waals surface area (Å²) in [7, 11) is 0. The van der Waals surface area contributed by atoms with E-state index < -0.39 is 0 Å². The van der Waals surface area contributed by atoms with Gasteiger partial charge in [0.25, 0.3) is 0 Å². The summed E-state index contributed by atoms with van der Waals surface area (Å²) in [5, 5.41) is 8.55. The maximum Gasteiger partial charge on any atom is 0.134 e. The first-order valence-electron chi connectivity index (χ1n) is 5.84. The summed E-state index contributed by atoms with van der Waals surface area (Å²) < 4.78 is 0. The summed E-state index contributed by atoms with van der Waals surface area (Å²) in [4.78, 5) is 4.45. The predicted octanol–water partition coefficient (Wildman–Crippen LogP) is 2.54. The zero-order chi connectivity index (χ0) is 11.7. The summed E-state index contributed by atoms with van der Waals surface area (Å²) in [6.45, 7) is 2.88. The van der Waals surface area contributed by atoms with Crippen molar-refractivity contribution in [2.75, 3.05) is 19.6 Å². The Balaban J connectivity index is 0.00000120. The second-order valence-electron chi connectivity index (χ2n) is 4.27. The lowest BCUT2D eigenvalue weighted by molar-refractivity contribution is 0.430. The van der Waals surface area contributed by atoms with Crippen molar-refractivity contribution in [1.82, 2.24) is 15.6 Å². The first-order chi connectivity index (χ1) is 8.34. The van der Waals surface area contributed by atoms with E-state index in [-0.39, 0.29) is 18.4 Å². The molecule has 0 radical (unpaired) electrons. The molecule has 1 aliphatic heterocycles. The van der Waals surface area contributed by atoms with Crippen LogP contribution in [0, 0.1) is 0 Å². The van der Waals surface area contributed by atoms with Crippen LogP contribution in [-0.2, 0) is 0 Å². The Hall–Kier alpha value is -0.870. The molecule has 0 unspecified atom stereocenters. The van der Waals surface area contributed by atoms with E-state index in [1.165, 1.54) is 0 Å². The molecule has 0 bridgehead atoms. The lowest BCUT2D eigenvalue weighted by atomic mass is 10.1. The SMILES string of the molecule is Cl.Clc1nc2ccccc2cc1[C@@H]1CNCCN1. The van der Waals surface area contributed by atoms with Gasteiger partial charge in [-0.05, 0) is 12.1 Å². The molecular weight excluding hydrogens is 269 g/mol. The number of piperazine rings is 1. The number of halogens is 2. The van der Waals surface area contributed by atoms with Crippen LogP contribution in [-0.4, -0.2) is 24.6 Å². The van der Waals surface area contributed by atoms with Gasteiger partial charge in [0.2, 0.25) is 0 Å². The zero-order valence-corrected chi connectivity index (χ0v) is 11.4. The number of nitrogens with one attached hydrogen (secondary N) is 2. The average molecular weight is 284 g/mol. The Kier molecular flexibility index (Phi) is 4.40. The van der Waals surface area contributed by atoms with Gasteiger partial charge in [0.15, 0.2) is 0 Å². The number of rotatable bonds is 1. The lowest BCUT2D eigenvalue weighted by Gasteiger charge is -2.25. The molecule has 2 heterocycles. The number of fused-ring (bicyclic) bond motifs is 1. The molecule has 2 N–H and O–H groups in total. The Bertz CT molecular complexity index is 539. The van der Waals surface area contributed by atoms with Crippen molar-refractivity contribution in [1.29, 1.82) is 0 Å². The molecule has 1 aromatic heterocycles. The Labute approximate surface area is 117 Å². The fourth-order valence-electron chi connectivity index (χ4n) is 2.23. The molecule has 0 spiro atoms. The van der Waals surface area contributed by atoms with Gasteiger partial charge in [-0.15, -0.1) is 12.4 Å². The number of hydrogen-bond acceptors (Lipinski definition) is 3. The summed E-state index contributed by atoms with van der Waals surface area (Å²) in [6, 6.07) is 10.4. The van der Waals surface area contributed by atoms with Crippen LogP contribution in [0.5, 0.6) is 0 Å². The molecule has 3 rings (SSSR count). The monoisotopic (exact) mass is 283 g/mol. The van der Waals surface area contributed by atoms with Crippen LogP contribution in [0.2, 0.25) is 5.15 Å². The van der Waals surface area contributed by atoms with E-state index in [4.69, 9.17) is 11.6 Å². The van der Waals surface area contributed by atoms with Crippen molar-refractivity contribution in [3.63, 3.8) is 0 Å². The first-order valence-corrected chi connectivity index (χ1v) is 6.22. The highest BCUT2D eigenvalue weighted by Crippen LogP contribution is 2.25. The predicted molar refractivity (Wildman–Crippen MR) is 77.6 cm³/mol. The maximum absolute atomic E-state index is 6.26. The fraction of sp³-hybridized carbons (Fsp3) is 0.308. The highest BCUT2D eigenvalue weighted by Gasteiger charge is 2.18. The largest absolute Gasteiger partial charge is 0.314 e. The van der Waals surface area contributed by atoms with Crippen LogP contribution in [0.3, 0.4) is 0 Å². The highest BCUT2D eigenvalue weighted by molar-refractivity contribution is 6.30. The Morgan fingerprint density at radius 3 is 2.83 bits per heavy atom. The van der Waals surface area contributed by atoms with E-state index >= 15 is 0 Å². The second-order valence-corrected chi connectivity index (χ2v) is 4.63. The standard InChI is InChI=1S/C13H14ClN3.ClH/c14-13-10(12-8-15-5-6-16-12)7-9-3-1-2-4-11(9)17-13;/h1-4,7,12,15-16H,5-6,8H2;1H/t12-;/m0./s1. The Morgan fingerprint density at radius 1 is 1.22 bits per heavy atom. The van der Waals surface area contributed by atoms with Crippen LogP contribution in [0.1, 0.15) is 11.6 Å². The third-order valence-electron chi connectivity index (χ3n) is 3.12. The van der Waals surface area contributed by atoms with Crippen molar-refractivity contribution in [2.45, 2.75) is 6.04 Å². The smallest absolute Gasteiger partial charge is 0.134 e. The highest BCUT2D eigenvalue weighted by atomic mass is 35.5. The van der Waals surface area contributed by atoms with Crippen molar-refractivity contribution in [2.24, 2.45) is 0 Å². The topological polar surface area (TPSA) is 37.0 Å².